The molecule has 2 rings (SSSR count). The number of aryl methyl sites for hydroxylation is 1. The van der Waals surface area contributed by atoms with Gasteiger partial charge in [0.05, 0.1) is 17.6 Å². The second kappa shape index (κ2) is 4.85. The Balaban J connectivity index is 2.47. The molecule has 1 amide bonds. The van der Waals surface area contributed by atoms with Crippen LogP contribution in [-0.2, 0) is 17.1 Å². The zero-order valence-corrected chi connectivity index (χ0v) is 11.4. The fourth-order valence-corrected chi connectivity index (χ4v) is 3.06. The number of rotatable bonds is 4. The molecule has 0 unspecified atom stereocenters. The van der Waals surface area contributed by atoms with Crippen molar-refractivity contribution in [3.63, 3.8) is 0 Å². The molecular weight excluding hydrogens is 282 g/mol. The average Bonchev–Trinajstić information content (AvgIpc) is 2.69. The van der Waals surface area contributed by atoms with Crippen molar-refractivity contribution >= 4 is 27.4 Å². The number of sulfonamides is 1. The number of nitrogen functional groups attached to an aromatic ring is 1. The van der Waals surface area contributed by atoms with E-state index in [0.717, 1.165) is 0 Å². The number of amides is 1. The summed E-state index contributed by atoms with van der Waals surface area (Å²) < 4.78 is 28.1. The van der Waals surface area contributed by atoms with Crippen LogP contribution in [0.1, 0.15) is 10.4 Å². The van der Waals surface area contributed by atoms with E-state index in [1.54, 1.807) is 12.1 Å². The maximum absolute atomic E-state index is 12.3. The number of imidazole rings is 1. The number of primary amides is 1. The Morgan fingerprint density at radius 1 is 1.35 bits per heavy atom. The topological polar surface area (TPSA) is 133 Å². The van der Waals surface area contributed by atoms with Gasteiger partial charge in [-0.3, -0.25) is 9.52 Å². The Bertz CT molecular complexity index is 747. The summed E-state index contributed by atoms with van der Waals surface area (Å²) in [5, 5.41) is -0.184. The molecule has 0 aliphatic rings. The number of nitrogens with one attached hydrogen (secondary N) is 1. The molecule has 2 aromatic rings. The molecule has 106 valence electrons. The quantitative estimate of drug-likeness (QED) is 0.724. The predicted molar refractivity (Wildman–Crippen MR) is 73.4 cm³/mol. The van der Waals surface area contributed by atoms with E-state index in [4.69, 9.17) is 11.5 Å². The molecule has 0 aliphatic heterocycles. The normalized spacial score (nSPS) is 11.2. The lowest BCUT2D eigenvalue weighted by atomic mass is 10.2. The van der Waals surface area contributed by atoms with Gasteiger partial charge in [0, 0.05) is 7.05 Å². The lowest BCUT2D eigenvalue weighted by molar-refractivity contribution is 0.100. The second-order valence-electron chi connectivity index (χ2n) is 4.06. The van der Waals surface area contributed by atoms with Gasteiger partial charge in [0.25, 0.3) is 15.9 Å². The van der Waals surface area contributed by atoms with Crippen LogP contribution < -0.4 is 16.2 Å². The zero-order valence-electron chi connectivity index (χ0n) is 10.6. The first kappa shape index (κ1) is 13.9. The van der Waals surface area contributed by atoms with Crippen molar-refractivity contribution in [3.05, 3.63) is 36.2 Å². The highest BCUT2D eigenvalue weighted by Crippen LogP contribution is 2.22. The van der Waals surface area contributed by atoms with Gasteiger partial charge in [-0.2, -0.15) is 8.42 Å². The molecule has 0 aliphatic carbocycles. The minimum absolute atomic E-state index is 0.0665. The van der Waals surface area contributed by atoms with Crippen molar-refractivity contribution in [1.29, 1.82) is 0 Å². The third-order valence-corrected chi connectivity index (χ3v) is 4.10. The third-order valence-electron chi connectivity index (χ3n) is 2.60. The van der Waals surface area contributed by atoms with Gasteiger partial charge >= 0.3 is 0 Å². The van der Waals surface area contributed by atoms with Gasteiger partial charge in [-0.25, -0.2) is 4.98 Å². The number of nitrogens with two attached hydrogens (primary N) is 2. The Kier molecular flexibility index (Phi) is 3.36. The van der Waals surface area contributed by atoms with Crippen LogP contribution >= 0.6 is 0 Å². The van der Waals surface area contributed by atoms with E-state index in [9.17, 15) is 13.2 Å². The Labute approximate surface area is 115 Å². The molecule has 0 atom stereocenters. The molecule has 0 bridgehead atoms. The largest absolute Gasteiger partial charge is 0.381 e. The van der Waals surface area contributed by atoms with Crippen LogP contribution in [0.4, 0.5) is 11.5 Å². The fraction of sp³-hybridized carbons (Fsp3) is 0.0909. The molecule has 0 saturated heterocycles. The number of carbonyl (C=O) groups is 1. The van der Waals surface area contributed by atoms with Crippen LogP contribution in [0.5, 0.6) is 0 Å². The molecule has 0 radical (unpaired) electrons. The lowest BCUT2D eigenvalue weighted by Crippen LogP contribution is -2.21. The number of nitrogens with zero attached hydrogens (tertiary/aromatic N) is 2. The van der Waals surface area contributed by atoms with E-state index < -0.39 is 15.9 Å². The third kappa shape index (κ3) is 2.43. The number of para-hydroxylation sites is 1. The van der Waals surface area contributed by atoms with Crippen LogP contribution in [0.2, 0.25) is 0 Å². The lowest BCUT2D eigenvalue weighted by Gasteiger charge is -2.11. The number of hydrogen-bond acceptors (Lipinski definition) is 5. The highest BCUT2D eigenvalue weighted by molar-refractivity contribution is 7.92. The van der Waals surface area contributed by atoms with Crippen molar-refractivity contribution in [2.24, 2.45) is 12.8 Å². The van der Waals surface area contributed by atoms with Gasteiger partial charge in [0.15, 0.2) is 10.8 Å². The summed E-state index contributed by atoms with van der Waals surface area (Å²) in [5.41, 5.74) is 10.9. The van der Waals surface area contributed by atoms with Crippen molar-refractivity contribution in [1.82, 2.24) is 9.55 Å². The molecule has 1 heterocycles. The minimum Gasteiger partial charge on any atom is -0.381 e. The van der Waals surface area contributed by atoms with Crippen LogP contribution in [0, 0.1) is 0 Å². The van der Waals surface area contributed by atoms with E-state index in [-0.39, 0.29) is 22.1 Å². The number of anilines is 2. The summed E-state index contributed by atoms with van der Waals surface area (Å²) in [6.07, 6.45) is 1.28. The molecule has 0 fully saturated rings. The smallest absolute Gasteiger partial charge is 0.281 e. The highest BCUT2D eigenvalue weighted by Gasteiger charge is 2.24. The van der Waals surface area contributed by atoms with E-state index in [0.29, 0.717) is 0 Å². The van der Waals surface area contributed by atoms with E-state index >= 15 is 0 Å². The first-order chi connectivity index (χ1) is 9.33. The summed E-state index contributed by atoms with van der Waals surface area (Å²) >= 11 is 0. The predicted octanol–water partition coefficient (Wildman–Crippen LogP) is -0.0980. The number of hydrogen-bond donors (Lipinski definition) is 3. The molecule has 9 heteroatoms. The second-order valence-corrected chi connectivity index (χ2v) is 5.66. The Morgan fingerprint density at radius 2 is 2.00 bits per heavy atom. The Hall–Kier alpha value is -2.55. The monoisotopic (exact) mass is 295 g/mol. The van der Waals surface area contributed by atoms with Crippen LogP contribution in [-0.4, -0.2) is 23.9 Å². The van der Waals surface area contributed by atoms with Gasteiger partial charge in [0.1, 0.15) is 0 Å². The summed E-state index contributed by atoms with van der Waals surface area (Å²) in [6, 6.07) is 6.02. The maximum Gasteiger partial charge on any atom is 0.281 e. The van der Waals surface area contributed by atoms with Crippen molar-refractivity contribution in [2.45, 2.75) is 5.03 Å². The van der Waals surface area contributed by atoms with Gasteiger partial charge in [-0.1, -0.05) is 12.1 Å². The van der Waals surface area contributed by atoms with Crippen LogP contribution in [0.15, 0.2) is 35.6 Å². The highest BCUT2D eigenvalue weighted by atomic mass is 32.2. The van der Waals surface area contributed by atoms with E-state index in [1.165, 1.54) is 30.1 Å². The molecule has 8 nitrogen and oxygen atoms in total. The van der Waals surface area contributed by atoms with Gasteiger partial charge in [0.2, 0.25) is 0 Å². The van der Waals surface area contributed by atoms with Crippen molar-refractivity contribution < 1.29 is 13.2 Å². The first-order valence-electron chi connectivity index (χ1n) is 5.51. The molecule has 0 saturated carbocycles. The van der Waals surface area contributed by atoms with E-state index in [2.05, 4.69) is 9.71 Å². The summed E-state index contributed by atoms with van der Waals surface area (Å²) in [4.78, 5) is 15.0. The number of carbonyl (C=O) groups excluding carboxylic acids is 1. The maximum atomic E-state index is 12.3. The average molecular weight is 295 g/mol. The molecule has 5 N–H and O–H groups in total. The SMILES string of the molecule is Cn1cnc(N)c1S(=O)(=O)Nc1ccccc1C(N)=O. The van der Waals surface area contributed by atoms with E-state index in [1.807, 2.05) is 0 Å². The molecule has 1 aromatic heterocycles. The first-order valence-corrected chi connectivity index (χ1v) is 6.99. The van der Waals surface area contributed by atoms with Gasteiger partial charge in [-0.05, 0) is 12.1 Å². The molecule has 1 aromatic carbocycles. The minimum atomic E-state index is -3.97. The summed E-state index contributed by atoms with van der Waals surface area (Å²) in [6.45, 7) is 0. The van der Waals surface area contributed by atoms with Crippen molar-refractivity contribution in [3.8, 4) is 0 Å². The standard InChI is InChI=1S/C11H13N5O3S/c1-16-6-14-9(12)11(16)20(18,19)15-8-5-3-2-4-7(8)10(13)17/h2-6,15H,12H2,1H3,(H2,13,17). The zero-order chi connectivity index (χ0) is 14.9. The summed E-state index contributed by atoms with van der Waals surface area (Å²) in [5.74, 6) is -0.863. The molecular formula is C11H13N5O3S. The van der Waals surface area contributed by atoms with Gasteiger partial charge < -0.3 is 16.0 Å². The number of benzene rings is 1. The van der Waals surface area contributed by atoms with Crippen LogP contribution in [0.25, 0.3) is 0 Å². The van der Waals surface area contributed by atoms with Crippen molar-refractivity contribution in [2.75, 3.05) is 10.5 Å². The number of aromatic nitrogens is 2. The molecule has 20 heavy (non-hydrogen) atoms. The Morgan fingerprint density at radius 3 is 2.55 bits per heavy atom. The molecule has 0 spiro atoms. The summed E-state index contributed by atoms with van der Waals surface area (Å²) in [7, 11) is -2.47. The fourth-order valence-electron chi connectivity index (χ4n) is 1.74. The van der Waals surface area contributed by atoms with Crippen LogP contribution in [0.3, 0.4) is 0 Å². The van der Waals surface area contributed by atoms with Gasteiger partial charge in [-0.15, -0.1) is 0 Å².